The highest BCUT2D eigenvalue weighted by molar-refractivity contribution is 5.94. The summed E-state index contributed by atoms with van der Waals surface area (Å²) in [7, 11) is 1.58. The molecule has 104 valence electrons. The van der Waals surface area contributed by atoms with E-state index in [9.17, 15) is 9.59 Å². The molecule has 19 heavy (non-hydrogen) atoms. The first-order chi connectivity index (χ1) is 9.13. The first-order valence-electron chi connectivity index (χ1n) is 5.85. The minimum atomic E-state index is -0.947. The van der Waals surface area contributed by atoms with Gasteiger partial charge in [-0.05, 0) is 18.2 Å². The van der Waals surface area contributed by atoms with Gasteiger partial charge in [0.2, 0.25) is 0 Å². The van der Waals surface area contributed by atoms with Gasteiger partial charge in [0.15, 0.2) is 0 Å². The Morgan fingerprint density at radius 1 is 1.32 bits per heavy atom. The van der Waals surface area contributed by atoms with Gasteiger partial charge in [-0.15, -0.1) is 0 Å². The third-order valence-electron chi connectivity index (χ3n) is 2.28. The van der Waals surface area contributed by atoms with E-state index in [1.807, 2.05) is 0 Å². The molecular weight excluding hydrogens is 250 g/mol. The highest BCUT2D eigenvalue weighted by Crippen LogP contribution is 2.13. The van der Waals surface area contributed by atoms with E-state index >= 15 is 0 Å². The van der Waals surface area contributed by atoms with Crippen LogP contribution in [0.4, 0.5) is 0 Å². The van der Waals surface area contributed by atoms with Gasteiger partial charge in [0.05, 0.1) is 13.0 Å². The zero-order chi connectivity index (χ0) is 14.1. The van der Waals surface area contributed by atoms with Crippen LogP contribution >= 0.6 is 0 Å². The molecule has 1 aromatic rings. The smallest absolute Gasteiger partial charge is 0.305 e. The SMILES string of the molecule is COCCOc1cccc(C(=O)NCCC(=O)O)c1. The van der Waals surface area contributed by atoms with Crippen molar-refractivity contribution in [2.24, 2.45) is 0 Å². The first kappa shape index (κ1) is 15.0. The fraction of sp³-hybridized carbons (Fsp3) is 0.385. The van der Waals surface area contributed by atoms with Crippen molar-refractivity contribution < 1.29 is 24.2 Å². The van der Waals surface area contributed by atoms with Gasteiger partial charge in [0.25, 0.3) is 5.91 Å². The Labute approximate surface area is 111 Å². The molecule has 1 amide bonds. The monoisotopic (exact) mass is 267 g/mol. The van der Waals surface area contributed by atoms with Crippen LogP contribution in [0.2, 0.25) is 0 Å². The number of benzene rings is 1. The zero-order valence-corrected chi connectivity index (χ0v) is 10.7. The van der Waals surface area contributed by atoms with Crippen molar-refractivity contribution in [3.8, 4) is 5.75 Å². The van der Waals surface area contributed by atoms with Crippen molar-refractivity contribution in [2.45, 2.75) is 6.42 Å². The third-order valence-corrected chi connectivity index (χ3v) is 2.28. The molecule has 0 fully saturated rings. The molecule has 0 heterocycles. The average molecular weight is 267 g/mol. The quantitative estimate of drug-likeness (QED) is 0.684. The number of carboxylic acids is 1. The summed E-state index contributed by atoms with van der Waals surface area (Å²) in [6.45, 7) is 0.971. The molecule has 0 saturated heterocycles. The molecule has 0 aliphatic heterocycles. The number of hydrogen-bond donors (Lipinski definition) is 2. The highest BCUT2D eigenvalue weighted by Gasteiger charge is 2.07. The lowest BCUT2D eigenvalue weighted by Gasteiger charge is -2.08. The molecule has 0 radical (unpaired) electrons. The average Bonchev–Trinajstić information content (AvgIpc) is 2.39. The van der Waals surface area contributed by atoms with Crippen molar-refractivity contribution >= 4 is 11.9 Å². The van der Waals surface area contributed by atoms with E-state index in [1.165, 1.54) is 0 Å². The van der Waals surface area contributed by atoms with Crippen LogP contribution < -0.4 is 10.1 Å². The molecule has 0 aliphatic carbocycles. The minimum absolute atomic E-state index is 0.100. The topological polar surface area (TPSA) is 84.9 Å². The number of carbonyl (C=O) groups excluding carboxylic acids is 1. The second kappa shape index (κ2) is 8.10. The number of methoxy groups -OCH3 is 1. The van der Waals surface area contributed by atoms with Crippen molar-refractivity contribution in [2.75, 3.05) is 26.9 Å². The zero-order valence-electron chi connectivity index (χ0n) is 10.7. The Kier molecular flexibility index (Phi) is 6.38. The molecule has 0 atom stereocenters. The highest BCUT2D eigenvalue weighted by atomic mass is 16.5. The van der Waals surface area contributed by atoms with Crippen LogP contribution in [0.15, 0.2) is 24.3 Å². The molecular formula is C13H17NO5. The summed E-state index contributed by atoms with van der Waals surface area (Å²) >= 11 is 0. The van der Waals surface area contributed by atoms with Gasteiger partial charge in [-0.2, -0.15) is 0 Å². The van der Waals surface area contributed by atoms with Crippen molar-refractivity contribution in [1.29, 1.82) is 0 Å². The van der Waals surface area contributed by atoms with Crippen LogP contribution in [-0.2, 0) is 9.53 Å². The van der Waals surface area contributed by atoms with E-state index in [0.717, 1.165) is 0 Å². The van der Waals surface area contributed by atoms with Gasteiger partial charge in [-0.25, -0.2) is 0 Å². The molecule has 0 bridgehead atoms. The number of carboxylic acid groups (broad SMARTS) is 1. The third kappa shape index (κ3) is 5.87. The number of nitrogens with one attached hydrogen (secondary N) is 1. The normalized spacial score (nSPS) is 9.95. The summed E-state index contributed by atoms with van der Waals surface area (Å²) in [6.07, 6.45) is -0.101. The number of hydrogen-bond acceptors (Lipinski definition) is 4. The van der Waals surface area contributed by atoms with E-state index in [0.29, 0.717) is 24.5 Å². The summed E-state index contributed by atoms with van der Waals surface area (Å²) in [6, 6.07) is 6.68. The van der Waals surface area contributed by atoms with E-state index in [2.05, 4.69) is 5.32 Å². The van der Waals surface area contributed by atoms with Gasteiger partial charge in [0.1, 0.15) is 12.4 Å². The van der Waals surface area contributed by atoms with Crippen molar-refractivity contribution in [3.63, 3.8) is 0 Å². The molecule has 6 nitrogen and oxygen atoms in total. The van der Waals surface area contributed by atoms with Gasteiger partial charge in [-0.1, -0.05) is 6.07 Å². The lowest BCUT2D eigenvalue weighted by molar-refractivity contribution is -0.136. The summed E-state index contributed by atoms with van der Waals surface area (Å²) in [5, 5.41) is 11.0. The Balaban J connectivity index is 2.50. The van der Waals surface area contributed by atoms with E-state index < -0.39 is 5.97 Å². The molecule has 0 aromatic heterocycles. The molecule has 1 aromatic carbocycles. The maximum Gasteiger partial charge on any atom is 0.305 e. The molecule has 2 N–H and O–H groups in total. The summed E-state index contributed by atoms with van der Waals surface area (Å²) in [5.74, 6) is -0.696. The number of rotatable bonds is 8. The first-order valence-corrected chi connectivity index (χ1v) is 5.85. The maximum absolute atomic E-state index is 11.7. The standard InChI is InChI=1S/C13H17NO5/c1-18-7-8-19-11-4-2-3-10(9-11)13(17)14-6-5-12(15)16/h2-4,9H,5-8H2,1H3,(H,14,17)(H,15,16). The lowest BCUT2D eigenvalue weighted by Crippen LogP contribution is -2.25. The Hall–Kier alpha value is -2.08. The predicted octanol–water partition coefficient (Wildman–Crippen LogP) is 0.916. The van der Waals surface area contributed by atoms with Crippen molar-refractivity contribution in [3.05, 3.63) is 29.8 Å². The van der Waals surface area contributed by atoms with Crippen LogP contribution in [0.1, 0.15) is 16.8 Å². The maximum atomic E-state index is 11.7. The Morgan fingerprint density at radius 2 is 2.11 bits per heavy atom. The second-order valence-corrected chi connectivity index (χ2v) is 3.77. The molecule has 0 spiro atoms. The molecule has 1 rings (SSSR count). The van der Waals surface area contributed by atoms with Gasteiger partial charge in [-0.3, -0.25) is 9.59 Å². The predicted molar refractivity (Wildman–Crippen MR) is 68.4 cm³/mol. The van der Waals surface area contributed by atoms with E-state index in [1.54, 1.807) is 31.4 Å². The number of amides is 1. The number of ether oxygens (including phenoxy) is 2. The number of carbonyl (C=O) groups is 2. The molecule has 0 unspecified atom stereocenters. The van der Waals surface area contributed by atoms with Crippen LogP contribution in [0.25, 0.3) is 0 Å². The Bertz CT molecular complexity index is 433. The van der Waals surface area contributed by atoms with Gasteiger partial charge < -0.3 is 19.9 Å². The van der Waals surface area contributed by atoms with Gasteiger partial charge >= 0.3 is 5.97 Å². The summed E-state index contributed by atoms with van der Waals surface area (Å²) in [5.41, 5.74) is 0.431. The van der Waals surface area contributed by atoms with Crippen LogP contribution in [-0.4, -0.2) is 43.9 Å². The van der Waals surface area contributed by atoms with Crippen LogP contribution in [0.3, 0.4) is 0 Å². The number of aliphatic carboxylic acids is 1. The van der Waals surface area contributed by atoms with Crippen LogP contribution in [0.5, 0.6) is 5.75 Å². The summed E-state index contributed by atoms with van der Waals surface area (Å²) < 4.78 is 10.2. The fourth-order valence-corrected chi connectivity index (χ4v) is 1.35. The largest absolute Gasteiger partial charge is 0.491 e. The fourth-order valence-electron chi connectivity index (χ4n) is 1.35. The lowest BCUT2D eigenvalue weighted by atomic mass is 10.2. The van der Waals surface area contributed by atoms with E-state index in [4.69, 9.17) is 14.6 Å². The minimum Gasteiger partial charge on any atom is -0.491 e. The van der Waals surface area contributed by atoms with Gasteiger partial charge in [0, 0.05) is 19.2 Å². The van der Waals surface area contributed by atoms with Crippen LogP contribution in [0, 0.1) is 0 Å². The summed E-state index contributed by atoms with van der Waals surface area (Å²) in [4.78, 5) is 22.1. The van der Waals surface area contributed by atoms with Crippen molar-refractivity contribution in [1.82, 2.24) is 5.32 Å². The molecule has 6 heteroatoms. The molecule has 0 aliphatic rings. The second-order valence-electron chi connectivity index (χ2n) is 3.77. The Morgan fingerprint density at radius 3 is 2.79 bits per heavy atom. The molecule has 0 saturated carbocycles. The van der Waals surface area contributed by atoms with E-state index in [-0.39, 0.29) is 18.9 Å².